The maximum Gasteiger partial charge on any atom is 0.336 e. The van der Waals surface area contributed by atoms with Crippen molar-refractivity contribution < 1.29 is 23.9 Å². The largest absolute Gasteiger partial charge is 0.478 e. The van der Waals surface area contributed by atoms with Crippen molar-refractivity contribution in [3.05, 3.63) is 87.8 Å². The number of hydrogen-bond donors (Lipinski definition) is 1. The standard InChI is InChI=1S/C20H14BrNO5/c1-12-8-9-16(15(21)11-12)22(19(24)17-7-4-10-27-17)18(23)13-5-2-3-6-14(13)20(25)26/h2-11H,1H3,(H,25,26). The van der Waals surface area contributed by atoms with Crippen molar-refractivity contribution in [1.29, 1.82) is 0 Å². The van der Waals surface area contributed by atoms with E-state index in [0.717, 1.165) is 10.5 Å². The van der Waals surface area contributed by atoms with Crippen molar-refractivity contribution in [2.24, 2.45) is 0 Å². The number of imide groups is 1. The summed E-state index contributed by atoms with van der Waals surface area (Å²) in [4.78, 5) is 38.6. The lowest BCUT2D eigenvalue weighted by atomic mass is 10.1. The number of furan rings is 1. The average molecular weight is 428 g/mol. The second kappa shape index (κ2) is 7.59. The molecule has 0 unspecified atom stereocenters. The zero-order chi connectivity index (χ0) is 19.6. The molecule has 0 spiro atoms. The Morgan fingerprint density at radius 1 is 0.963 bits per heavy atom. The van der Waals surface area contributed by atoms with Crippen LogP contribution in [0.5, 0.6) is 0 Å². The molecule has 0 aliphatic carbocycles. The molecule has 136 valence electrons. The molecule has 0 fully saturated rings. The number of carbonyl (C=O) groups is 3. The number of benzene rings is 2. The molecule has 6 nitrogen and oxygen atoms in total. The summed E-state index contributed by atoms with van der Waals surface area (Å²) in [5, 5.41) is 9.40. The first-order chi connectivity index (χ1) is 12.9. The Morgan fingerprint density at radius 2 is 1.67 bits per heavy atom. The van der Waals surface area contributed by atoms with Crippen molar-refractivity contribution in [3.8, 4) is 0 Å². The van der Waals surface area contributed by atoms with Crippen LogP contribution in [-0.2, 0) is 0 Å². The van der Waals surface area contributed by atoms with Crippen LogP contribution >= 0.6 is 15.9 Å². The number of anilines is 1. The van der Waals surface area contributed by atoms with Crippen molar-refractivity contribution in [2.75, 3.05) is 4.90 Å². The van der Waals surface area contributed by atoms with Crippen molar-refractivity contribution >= 4 is 39.4 Å². The lowest BCUT2D eigenvalue weighted by Gasteiger charge is -2.22. The Hall–Kier alpha value is -3.19. The average Bonchev–Trinajstić information content (AvgIpc) is 3.18. The minimum atomic E-state index is -1.26. The van der Waals surface area contributed by atoms with Gasteiger partial charge in [0, 0.05) is 4.47 Å². The second-order valence-electron chi connectivity index (χ2n) is 5.73. The first kappa shape index (κ1) is 18.6. The van der Waals surface area contributed by atoms with Crippen molar-refractivity contribution in [3.63, 3.8) is 0 Å². The van der Waals surface area contributed by atoms with E-state index in [1.54, 1.807) is 24.3 Å². The van der Waals surface area contributed by atoms with Gasteiger partial charge < -0.3 is 9.52 Å². The highest BCUT2D eigenvalue weighted by atomic mass is 79.9. The topological polar surface area (TPSA) is 87.8 Å². The van der Waals surface area contributed by atoms with Gasteiger partial charge in [0.15, 0.2) is 5.76 Å². The van der Waals surface area contributed by atoms with E-state index in [0.29, 0.717) is 4.47 Å². The predicted octanol–water partition coefficient (Wildman–Crippen LogP) is 4.54. The van der Waals surface area contributed by atoms with Crippen LogP contribution in [0.2, 0.25) is 0 Å². The lowest BCUT2D eigenvalue weighted by Crippen LogP contribution is -2.38. The van der Waals surface area contributed by atoms with Gasteiger partial charge in [0.1, 0.15) is 0 Å². The third kappa shape index (κ3) is 3.68. The molecule has 1 N–H and O–H groups in total. The molecule has 27 heavy (non-hydrogen) atoms. The minimum Gasteiger partial charge on any atom is -0.478 e. The van der Waals surface area contributed by atoms with Gasteiger partial charge in [-0.05, 0) is 64.8 Å². The summed E-state index contributed by atoms with van der Waals surface area (Å²) in [5.41, 5.74) is 0.918. The summed E-state index contributed by atoms with van der Waals surface area (Å²) < 4.78 is 5.67. The molecule has 0 radical (unpaired) electrons. The maximum atomic E-state index is 13.2. The van der Waals surface area contributed by atoms with Gasteiger partial charge in [-0.1, -0.05) is 18.2 Å². The molecule has 7 heteroatoms. The molecular formula is C20H14BrNO5. The van der Waals surface area contributed by atoms with Gasteiger partial charge in [-0.3, -0.25) is 9.59 Å². The Bertz CT molecular complexity index is 1030. The second-order valence-corrected chi connectivity index (χ2v) is 6.58. The highest BCUT2D eigenvalue weighted by molar-refractivity contribution is 9.10. The number of nitrogens with zero attached hydrogens (tertiary/aromatic N) is 1. The number of carboxylic acids is 1. The quantitative estimate of drug-likeness (QED) is 0.617. The number of amides is 2. The number of aromatic carboxylic acids is 1. The normalized spacial score (nSPS) is 10.4. The summed E-state index contributed by atoms with van der Waals surface area (Å²) in [6.07, 6.45) is 1.32. The molecule has 1 aromatic heterocycles. The van der Waals surface area contributed by atoms with Crippen molar-refractivity contribution in [1.82, 2.24) is 0 Å². The summed E-state index contributed by atoms with van der Waals surface area (Å²) in [6, 6.07) is 13.8. The summed E-state index contributed by atoms with van der Waals surface area (Å²) in [7, 11) is 0. The number of aryl methyl sites for hydroxylation is 1. The number of hydrogen-bond acceptors (Lipinski definition) is 4. The maximum absolute atomic E-state index is 13.2. The van der Waals surface area contributed by atoms with Gasteiger partial charge in [-0.15, -0.1) is 0 Å². The fourth-order valence-electron chi connectivity index (χ4n) is 2.59. The van der Waals surface area contributed by atoms with E-state index in [9.17, 15) is 19.5 Å². The Kier molecular flexibility index (Phi) is 5.23. The third-order valence-corrected chi connectivity index (χ3v) is 4.51. The van der Waals surface area contributed by atoms with E-state index in [1.165, 1.54) is 36.6 Å². The highest BCUT2D eigenvalue weighted by Crippen LogP contribution is 2.30. The van der Waals surface area contributed by atoms with E-state index in [1.807, 2.05) is 6.92 Å². The zero-order valence-electron chi connectivity index (χ0n) is 14.2. The molecule has 0 saturated heterocycles. The fourth-order valence-corrected chi connectivity index (χ4v) is 3.26. The Balaban J connectivity index is 2.17. The Morgan fingerprint density at radius 3 is 2.26 bits per heavy atom. The van der Waals surface area contributed by atoms with Gasteiger partial charge in [-0.2, -0.15) is 0 Å². The number of halogens is 1. The van der Waals surface area contributed by atoms with Gasteiger partial charge in [0.2, 0.25) is 0 Å². The molecule has 3 rings (SSSR count). The van der Waals surface area contributed by atoms with E-state index in [-0.39, 0.29) is 22.6 Å². The molecular weight excluding hydrogens is 414 g/mol. The van der Waals surface area contributed by atoms with Crippen LogP contribution in [0.25, 0.3) is 0 Å². The first-order valence-electron chi connectivity index (χ1n) is 7.91. The summed E-state index contributed by atoms with van der Waals surface area (Å²) >= 11 is 3.37. The predicted molar refractivity (Wildman–Crippen MR) is 102 cm³/mol. The van der Waals surface area contributed by atoms with Crippen LogP contribution in [0.3, 0.4) is 0 Å². The number of rotatable bonds is 4. The van der Waals surface area contributed by atoms with Gasteiger partial charge in [0.25, 0.3) is 5.91 Å². The van der Waals surface area contributed by atoms with Gasteiger partial charge >= 0.3 is 11.9 Å². The fraction of sp³-hybridized carbons (Fsp3) is 0.0500. The third-order valence-electron chi connectivity index (χ3n) is 3.87. The van der Waals surface area contributed by atoms with E-state index >= 15 is 0 Å². The SMILES string of the molecule is Cc1ccc(N(C(=O)c2ccco2)C(=O)c2ccccc2C(=O)O)c(Br)c1. The van der Waals surface area contributed by atoms with Crippen LogP contribution in [0.15, 0.2) is 69.8 Å². The number of carboxylic acid groups (broad SMARTS) is 1. The molecule has 1 heterocycles. The molecule has 3 aromatic rings. The molecule has 0 aliphatic heterocycles. The monoisotopic (exact) mass is 427 g/mol. The van der Waals surface area contributed by atoms with E-state index in [4.69, 9.17) is 4.42 Å². The van der Waals surface area contributed by atoms with Crippen molar-refractivity contribution in [2.45, 2.75) is 6.92 Å². The first-order valence-corrected chi connectivity index (χ1v) is 8.70. The van der Waals surface area contributed by atoms with Gasteiger partial charge in [0.05, 0.1) is 23.1 Å². The minimum absolute atomic E-state index is 0.0383. The van der Waals surface area contributed by atoms with Crippen LogP contribution in [-0.4, -0.2) is 22.9 Å². The van der Waals surface area contributed by atoms with Crippen LogP contribution in [0.1, 0.15) is 36.8 Å². The Labute approximate surface area is 163 Å². The summed E-state index contributed by atoms with van der Waals surface area (Å²) in [6.45, 7) is 1.87. The zero-order valence-corrected chi connectivity index (χ0v) is 15.8. The van der Waals surface area contributed by atoms with E-state index < -0.39 is 17.8 Å². The molecule has 2 amide bonds. The highest BCUT2D eigenvalue weighted by Gasteiger charge is 2.31. The van der Waals surface area contributed by atoms with E-state index in [2.05, 4.69) is 15.9 Å². The number of carbonyl (C=O) groups excluding carboxylic acids is 2. The smallest absolute Gasteiger partial charge is 0.336 e. The van der Waals surface area contributed by atoms with Crippen LogP contribution < -0.4 is 4.90 Å². The summed E-state index contributed by atoms with van der Waals surface area (Å²) in [5.74, 6) is -2.76. The molecule has 0 saturated carbocycles. The molecule has 0 atom stereocenters. The lowest BCUT2D eigenvalue weighted by molar-refractivity contribution is 0.0690. The van der Waals surface area contributed by atoms with Crippen LogP contribution in [0, 0.1) is 6.92 Å². The van der Waals surface area contributed by atoms with Crippen LogP contribution in [0.4, 0.5) is 5.69 Å². The molecule has 0 bridgehead atoms. The molecule has 0 aliphatic rings. The van der Waals surface area contributed by atoms with Gasteiger partial charge in [-0.25, -0.2) is 9.69 Å². The molecule has 2 aromatic carbocycles.